The van der Waals surface area contributed by atoms with Crippen LogP contribution in [0.15, 0.2) is 59.5 Å². The molecule has 3 nitrogen and oxygen atoms in total. The predicted octanol–water partition coefficient (Wildman–Crippen LogP) is 2.30. The van der Waals surface area contributed by atoms with Crippen LogP contribution in [0.1, 0.15) is 0 Å². The lowest BCUT2D eigenvalue weighted by atomic mass is 10.3. The molecule has 0 bridgehead atoms. The summed E-state index contributed by atoms with van der Waals surface area (Å²) in [5, 5.41) is 0. The topological polar surface area (TPSA) is 43.4 Å². The largest absolute Gasteiger partial charge is 0.477 e. The highest BCUT2D eigenvalue weighted by Gasteiger charge is 2.14. The van der Waals surface area contributed by atoms with Crippen LogP contribution >= 0.6 is 0 Å². The maximum Gasteiger partial charge on any atom is 0.213 e. The van der Waals surface area contributed by atoms with Crippen LogP contribution in [0.5, 0.6) is 5.75 Å². The van der Waals surface area contributed by atoms with E-state index in [1.807, 2.05) is 0 Å². The van der Waals surface area contributed by atoms with Gasteiger partial charge in [-0.2, -0.15) is 0 Å². The lowest BCUT2D eigenvalue weighted by Crippen LogP contribution is -2.12. The fraction of sp³-hybridized carbons (Fsp3) is 0.0769. The van der Waals surface area contributed by atoms with E-state index in [2.05, 4.69) is 6.07 Å². The van der Waals surface area contributed by atoms with Crippen molar-refractivity contribution in [2.75, 3.05) is 5.94 Å². The smallest absolute Gasteiger partial charge is 0.213 e. The summed E-state index contributed by atoms with van der Waals surface area (Å²) in [7, 11) is -3.40. The Bertz CT molecular complexity index is 562. The van der Waals surface area contributed by atoms with Gasteiger partial charge in [-0.1, -0.05) is 36.4 Å². The Kier molecular flexibility index (Phi) is 3.44. The SMILES string of the molecule is O=S(=O)(COc1[c]cccc1)c1ccccc1. The highest BCUT2D eigenvalue weighted by atomic mass is 32.2. The third-order valence-electron chi connectivity index (χ3n) is 2.15. The second kappa shape index (κ2) is 5.01. The first-order valence-corrected chi connectivity index (χ1v) is 6.71. The maximum absolute atomic E-state index is 11.9. The van der Waals surface area contributed by atoms with Gasteiger partial charge in [0.25, 0.3) is 0 Å². The fourth-order valence-electron chi connectivity index (χ4n) is 1.30. The lowest BCUT2D eigenvalue weighted by Gasteiger charge is -2.06. The summed E-state index contributed by atoms with van der Waals surface area (Å²) in [5.74, 6) is 0.0457. The second-order valence-corrected chi connectivity index (χ2v) is 5.35. The van der Waals surface area contributed by atoms with Crippen LogP contribution in [0, 0.1) is 6.07 Å². The molecule has 0 fully saturated rings. The molecule has 2 aromatic rings. The molecule has 4 heteroatoms. The zero-order valence-corrected chi connectivity index (χ0v) is 9.85. The number of benzene rings is 2. The van der Waals surface area contributed by atoms with Gasteiger partial charge in [-0.05, 0) is 18.2 Å². The molecule has 0 unspecified atom stereocenters. The molecule has 0 aliphatic rings. The Morgan fingerprint density at radius 1 is 1.00 bits per heavy atom. The number of rotatable bonds is 4. The van der Waals surface area contributed by atoms with E-state index in [0.29, 0.717) is 5.75 Å². The summed E-state index contributed by atoms with van der Waals surface area (Å²) in [5.41, 5.74) is 0. The second-order valence-electron chi connectivity index (χ2n) is 3.42. The fourth-order valence-corrected chi connectivity index (χ4v) is 2.29. The zero-order valence-electron chi connectivity index (χ0n) is 9.04. The highest BCUT2D eigenvalue weighted by Crippen LogP contribution is 2.13. The number of hydrogen-bond acceptors (Lipinski definition) is 3. The van der Waals surface area contributed by atoms with Crippen LogP contribution in [0.3, 0.4) is 0 Å². The number of hydrogen-bond donors (Lipinski definition) is 0. The minimum absolute atomic E-state index is 0.260. The Morgan fingerprint density at radius 2 is 1.71 bits per heavy atom. The molecule has 2 aromatic carbocycles. The molecule has 0 atom stereocenters. The van der Waals surface area contributed by atoms with Crippen molar-refractivity contribution in [2.45, 2.75) is 4.90 Å². The van der Waals surface area contributed by atoms with Crippen molar-refractivity contribution in [3.05, 3.63) is 60.7 Å². The first-order chi connectivity index (χ1) is 8.18. The summed E-state index contributed by atoms with van der Waals surface area (Å²) in [6.45, 7) is 0. The van der Waals surface area contributed by atoms with Gasteiger partial charge in [0.1, 0.15) is 5.75 Å². The van der Waals surface area contributed by atoms with Crippen molar-refractivity contribution in [1.82, 2.24) is 0 Å². The third-order valence-corrected chi connectivity index (χ3v) is 3.57. The number of para-hydroxylation sites is 1. The Labute approximate surface area is 101 Å². The molecule has 0 saturated heterocycles. The molecule has 0 saturated carbocycles. The van der Waals surface area contributed by atoms with Gasteiger partial charge >= 0.3 is 0 Å². The summed E-state index contributed by atoms with van der Waals surface area (Å²) in [6, 6.07) is 17.9. The average Bonchev–Trinajstić information content (AvgIpc) is 2.39. The number of ether oxygens (including phenoxy) is 1. The Hall–Kier alpha value is -1.81. The molecule has 0 aliphatic carbocycles. The molecule has 87 valence electrons. The Balaban J connectivity index is 2.09. The molecule has 0 amide bonds. The Morgan fingerprint density at radius 3 is 2.35 bits per heavy atom. The van der Waals surface area contributed by atoms with Crippen LogP contribution in [-0.2, 0) is 9.84 Å². The van der Waals surface area contributed by atoms with E-state index >= 15 is 0 Å². The average molecular weight is 247 g/mol. The molecule has 0 heterocycles. The van der Waals surface area contributed by atoms with Crippen LogP contribution in [0.4, 0.5) is 0 Å². The van der Waals surface area contributed by atoms with Crippen LogP contribution < -0.4 is 4.74 Å². The predicted molar refractivity (Wildman–Crippen MR) is 64.4 cm³/mol. The minimum Gasteiger partial charge on any atom is -0.477 e. The standard InChI is InChI=1S/C13H11O3S/c14-17(15,13-9-5-2-6-10-13)11-16-12-7-3-1-4-8-12/h1-7,9-10H,11H2. The molecule has 0 aliphatic heterocycles. The van der Waals surface area contributed by atoms with E-state index in [1.54, 1.807) is 54.6 Å². The van der Waals surface area contributed by atoms with Crippen molar-refractivity contribution in [1.29, 1.82) is 0 Å². The molecule has 0 spiro atoms. The van der Waals surface area contributed by atoms with E-state index in [1.165, 1.54) is 0 Å². The van der Waals surface area contributed by atoms with Gasteiger partial charge in [-0.15, -0.1) is 0 Å². The van der Waals surface area contributed by atoms with Crippen LogP contribution in [-0.4, -0.2) is 14.4 Å². The summed E-state index contributed by atoms with van der Waals surface area (Å²) in [4.78, 5) is 0.260. The van der Waals surface area contributed by atoms with Crippen molar-refractivity contribution in [3.63, 3.8) is 0 Å². The normalized spacial score (nSPS) is 11.1. The van der Waals surface area contributed by atoms with Gasteiger partial charge in [0.2, 0.25) is 9.84 Å². The van der Waals surface area contributed by atoms with E-state index in [0.717, 1.165) is 0 Å². The van der Waals surface area contributed by atoms with E-state index in [-0.39, 0.29) is 10.8 Å². The minimum atomic E-state index is -3.40. The summed E-state index contributed by atoms with van der Waals surface area (Å²) >= 11 is 0. The van der Waals surface area contributed by atoms with Gasteiger partial charge in [0, 0.05) is 6.07 Å². The van der Waals surface area contributed by atoms with Crippen LogP contribution in [0.25, 0.3) is 0 Å². The van der Waals surface area contributed by atoms with Gasteiger partial charge in [0.05, 0.1) is 4.90 Å². The summed E-state index contributed by atoms with van der Waals surface area (Å²) in [6.07, 6.45) is 0. The van der Waals surface area contributed by atoms with Gasteiger partial charge in [-0.3, -0.25) is 0 Å². The monoisotopic (exact) mass is 247 g/mol. The first kappa shape index (κ1) is 11.7. The van der Waals surface area contributed by atoms with Crippen molar-refractivity contribution in [2.24, 2.45) is 0 Å². The molecular formula is C13H11O3S. The van der Waals surface area contributed by atoms with Crippen molar-refractivity contribution in [3.8, 4) is 5.75 Å². The van der Waals surface area contributed by atoms with Crippen molar-refractivity contribution >= 4 is 9.84 Å². The van der Waals surface area contributed by atoms with Crippen LogP contribution in [0.2, 0.25) is 0 Å². The first-order valence-electron chi connectivity index (χ1n) is 5.06. The molecular weight excluding hydrogens is 236 g/mol. The molecule has 0 N–H and O–H groups in total. The number of sulfone groups is 1. The quantitative estimate of drug-likeness (QED) is 0.832. The molecule has 1 radical (unpaired) electrons. The van der Waals surface area contributed by atoms with Gasteiger partial charge < -0.3 is 4.74 Å². The third kappa shape index (κ3) is 3.07. The molecule has 17 heavy (non-hydrogen) atoms. The van der Waals surface area contributed by atoms with E-state index < -0.39 is 9.84 Å². The van der Waals surface area contributed by atoms with E-state index in [9.17, 15) is 8.42 Å². The van der Waals surface area contributed by atoms with Crippen molar-refractivity contribution < 1.29 is 13.2 Å². The lowest BCUT2D eigenvalue weighted by molar-refractivity contribution is 0.376. The van der Waals surface area contributed by atoms with Gasteiger partial charge in [-0.25, -0.2) is 8.42 Å². The maximum atomic E-state index is 11.9. The summed E-state index contributed by atoms with van der Waals surface area (Å²) < 4.78 is 28.9. The van der Waals surface area contributed by atoms with E-state index in [4.69, 9.17) is 4.74 Å². The molecule has 0 aromatic heterocycles. The zero-order chi connectivity index (χ0) is 12.1. The van der Waals surface area contributed by atoms with Gasteiger partial charge in [0.15, 0.2) is 5.94 Å². The molecule has 2 rings (SSSR count). The highest BCUT2D eigenvalue weighted by molar-refractivity contribution is 7.91.